The first-order valence-electron chi connectivity index (χ1n) is 13.4. The minimum Gasteiger partial charge on any atom is -0.497 e. The van der Waals surface area contributed by atoms with E-state index in [0.29, 0.717) is 29.0 Å². The molecular formula is C31H40N2O4. The summed E-state index contributed by atoms with van der Waals surface area (Å²) in [6.07, 6.45) is 3.70. The van der Waals surface area contributed by atoms with Crippen LogP contribution in [0, 0.1) is 17.8 Å². The van der Waals surface area contributed by atoms with Crippen LogP contribution in [0.3, 0.4) is 0 Å². The van der Waals surface area contributed by atoms with Crippen LogP contribution in [0.15, 0.2) is 47.5 Å². The summed E-state index contributed by atoms with van der Waals surface area (Å²) in [5.74, 6) is 2.16. The molecule has 198 valence electrons. The van der Waals surface area contributed by atoms with Crippen LogP contribution in [0.25, 0.3) is 0 Å². The van der Waals surface area contributed by atoms with E-state index in [4.69, 9.17) is 14.5 Å². The molecule has 6 heteroatoms. The largest absolute Gasteiger partial charge is 0.497 e. The number of benzene rings is 2. The van der Waals surface area contributed by atoms with Crippen molar-refractivity contribution < 1.29 is 19.1 Å². The molecule has 1 N–H and O–H groups in total. The lowest BCUT2D eigenvalue weighted by atomic mass is 9.75. The van der Waals surface area contributed by atoms with E-state index in [-0.39, 0.29) is 23.8 Å². The minimum absolute atomic E-state index is 0.0182. The van der Waals surface area contributed by atoms with Crippen LogP contribution < -0.4 is 10.1 Å². The van der Waals surface area contributed by atoms with Gasteiger partial charge in [0.25, 0.3) is 0 Å². The molecule has 2 aromatic rings. The Bertz CT molecular complexity index is 1170. The molecule has 1 aliphatic heterocycles. The third-order valence-electron chi connectivity index (χ3n) is 7.69. The van der Waals surface area contributed by atoms with Crippen molar-refractivity contribution in [2.75, 3.05) is 12.4 Å². The van der Waals surface area contributed by atoms with Gasteiger partial charge in [0, 0.05) is 16.8 Å². The number of methoxy groups -OCH3 is 1. The van der Waals surface area contributed by atoms with Crippen LogP contribution in [-0.2, 0) is 11.2 Å². The van der Waals surface area contributed by atoms with Crippen LogP contribution in [0.1, 0.15) is 81.8 Å². The second-order valence-corrected chi connectivity index (χ2v) is 11.6. The van der Waals surface area contributed by atoms with Crippen molar-refractivity contribution in [3.8, 4) is 5.75 Å². The van der Waals surface area contributed by atoms with Gasteiger partial charge in [-0.25, -0.2) is 4.79 Å². The maximum absolute atomic E-state index is 13.2. The number of anilines is 1. The van der Waals surface area contributed by atoms with Gasteiger partial charge >= 0.3 is 6.09 Å². The van der Waals surface area contributed by atoms with Gasteiger partial charge in [0.1, 0.15) is 11.9 Å². The van der Waals surface area contributed by atoms with E-state index in [2.05, 4.69) is 46.0 Å². The van der Waals surface area contributed by atoms with Crippen LogP contribution in [0.2, 0.25) is 0 Å². The van der Waals surface area contributed by atoms with Gasteiger partial charge in [0.05, 0.1) is 24.8 Å². The average molecular weight is 505 g/mol. The quantitative estimate of drug-likeness (QED) is 0.408. The van der Waals surface area contributed by atoms with Crippen molar-refractivity contribution in [2.24, 2.45) is 22.7 Å². The Labute approximate surface area is 220 Å². The van der Waals surface area contributed by atoms with E-state index in [9.17, 15) is 9.59 Å². The SMILES string of the molecule is COc1ccc2c(c1)C(CC(=O)c1ccc(NC(=O)O[C@H]3C[C@@H](C)CC[C@@H]3C(C)C)cc1)=NC(C)(C)C2. The molecule has 6 nitrogen and oxygen atoms in total. The van der Waals surface area contributed by atoms with Crippen molar-refractivity contribution >= 4 is 23.3 Å². The van der Waals surface area contributed by atoms with Gasteiger partial charge in [-0.15, -0.1) is 0 Å². The van der Waals surface area contributed by atoms with Crippen molar-refractivity contribution in [3.05, 3.63) is 59.2 Å². The van der Waals surface area contributed by atoms with Gasteiger partial charge in [-0.3, -0.25) is 15.1 Å². The minimum atomic E-state index is -0.437. The Morgan fingerprint density at radius 1 is 1.11 bits per heavy atom. The normalized spacial score (nSPS) is 22.6. The molecule has 2 aromatic carbocycles. The predicted octanol–water partition coefficient (Wildman–Crippen LogP) is 7.10. The fourth-order valence-corrected chi connectivity index (χ4v) is 5.70. The number of amides is 1. The molecule has 3 atom stereocenters. The highest BCUT2D eigenvalue weighted by molar-refractivity contribution is 6.17. The fraction of sp³-hybridized carbons (Fsp3) is 0.516. The Hall–Kier alpha value is -3.15. The van der Waals surface area contributed by atoms with Crippen LogP contribution in [0.5, 0.6) is 5.75 Å². The zero-order chi connectivity index (χ0) is 26.7. The smallest absolute Gasteiger partial charge is 0.411 e. The second-order valence-electron chi connectivity index (χ2n) is 11.6. The van der Waals surface area contributed by atoms with Crippen molar-refractivity contribution in [1.29, 1.82) is 0 Å². The van der Waals surface area contributed by atoms with E-state index in [1.54, 1.807) is 31.4 Å². The first-order chi connectivity index (χ1) is 17.5. The number of ketones is 1. The lowest BCUT2D eigenvalue weighted by molar-refractivity contribution is 0.0126. The summed E-state index contributed by atoms with van der Waals surface area (Å²) < 4.78 is 11.2. The van der Waals surface area contributed by atoms with E-state index in [1.165, 1.54) is 12.0 Å². The molecule has 4 rings (SSSR count). The number of rotatable bonds is 7. The number of hydrogen-bond acceptors (Lipinski definition) is 5. The summed E-state index contributed by atoms with van der Waals surface area (Å²) >= 11 is 0. The first-order valence-corrected chi connectivity index (χ1v) is 13.4. The summed E-state index contributed by atoms with van der Waals surface area (Å²) in [7, 11) is 1.64. The molecule has 0 bridgehead atoms. The lowest BCUT2D eigenvalue weighted by Crippen LogP contribution is -2.36. The topological polar surface area (TPSA) is 77.0 Å². The van der Waals surface area contributed by atoms with Gasteiger partial charge in [-0.2, -0.15) is 0 Å². The Balaban J connectivity index is 1.41. The summed E-state index contributed by atoms with van der Waals surface area (Å²) in [4.78, 5) is 30.7. The average Bonchev–Trinajstić information content (AvgIpc) is 2.83. The van der Waals surface area contributed by atoms with E-state index in [1.807, 2.05) is 12.1 Å². The molecule has 0 radical (unpaired) electrons. The molecule has 0 aromatic heterocycles. The number of carbonyl (C=O) groups excluding carboxylic acids is 2. The number of ether oxygens (including phenoxy) is 2. The highest BCUT2D eigenvalue weighted by Gasteiger charge is 2.33. The molecule has 2 aliphatic rings. The molecule has 1 heterocycles. The number of fused-ring (bicyclic) bond motifs is 1. The number of nitrogens with zero attached hydrogens (tertiary/aromatic N) is 1. The highest BCUT2D eigenvalue weighted by Crippen LogP contribution is 2.35. The van der Waals surface area contributed by atoms with Crippen LogP contribution >= 0.6 is 0 Å². The van der Waals surface area contributed by atoms with Crippen LogP contribution in [-0.4, -0.2) is 36.3 Å². The summed E-state index contributed by atoms with van der Waals surface area (Å²) in [5, 5.41) is 2.84. The van der Waals surface area contributed by atoms with Crippen molar-refractivity contribution in [2.45, 2.75) is 78.4 Å². The maximum atomic E-state index is 13.2. The van der Waals surface area contributed by atoms with Gasteiger partial charge in [-0.1, -0.05) is 33.3 Å². The molecular weight excluding hydrogens is 464 g/mol. The first kappa shape index (κ1) is 26.9. The maximum Gasteiger partial charge on any atom is 0.411 e. The molecule has 0 saturated heterocycles. The summed E-state index contributed by atoms with van der Waals surface area (Å²) in [6.45, 7) is 10.8. The molecule has 1 fully saturated rings. The summed E-state index contributed by atoms with van der Waals surface area (Å²) in [6, 6.07) is 13.0. The Kier molecular flexibility index (Phi) is 8.05. The molecule has 1 aliphatic carbocycles. The van der Waals surface area contributed by atoms with E-state index in [0.717, 1.165) is 36.3 Å². The number of nitrogens with one attached hydrogen (secondary N) is 1. The predicted molar refractivity (Wildman–Crippen MR) is 148 cm³/mol. The van der Waals surface area contributed by atoms with E-state index >= 15 is 0 Å². The molecule has 37 heavy (non-hydrogen) atoms. The van der Waals surface area contributed by atoms with Gasteiger partial charge in [0.2, 0.25) is 0 Å². The number of aliphatic imine (C=N–C) groups is 1. The monoisotopic (exact) mass is 504 g/mol. The zero-order valence-electron chi connectivity index (χ0n) is 23.0. The van der Waals surface area contributed by atoms with Crippen LogP contribution in [0.4, 0.5) is 10.5 Å². The Morgan fingerprint density at radius 2 is 1.84 bits per heavy atom. The number of hydrogen-bond donors (Lipinski definition) is 1. The molecule has 1 saturated carbocycles. The molecule has 0 unspecified atom stereocenters. The highest BCUT2D eigenvalue weighted by atomic mass is 16.6. The number of Topliss-reactive ketones (excluding diaryl/α,β-unsaturated/α-hetero) is 1. The standard InChI is InChI=1S/C31H40N2O4/c1-19(2)25-14-7-20(3)15-29(25)37-30(35)32-23-11-8-21(9-12-23)28(34)17-27-26-16-24(36-6)13-10-22(26)18-31(4,5)33-27/h8-13,16,19-20,25,29H,7,14-15,17-18H2,1-6H3,(H,32,35)/t20-,25+,29-/m0/s1. The zero-order valence-corrected chi connectivity index (χ0v) is 23.0. The second kappa shape index (κ2) is 11.1. The number of carbonyl (C=O) groups is 2. The third kappa shape index (κ3) is 6.60. The molecule has 1 amide bonds. The van der Waals surface area contributed by atoms with Gasteiger partial charge in [0.15, 0.2) is 5.78 Å². The summed E-state index contributed by atoms with van der Waals surface area (Å²) in [5.41, 5.74) is 3.85. The van der Waals surface area contributed by atoms with E-state index < -0.39 is 6.09 Å². The van der Waals surface area contributed by atoms with Gasteiger partial charge < -0.3 is 9.47 Å². The van der Waals surface area contributed by atoms with Crippen molar-refractivity contribution in [3.63, 3.8) is 0 Å². The van der Waals surface area contributed by atoms with Crippen molar-refractivity contribution in [1.82, 2.24) is 0 Å². The Morgan fingerprint density at radius 3 is 2.51 bits per heavy atom. The lowest BCUT2D eigenvalue weighted by Gasteiger charge is -2.36. The van der Waals surface area contributed by atoms with Gasteiger partial charge in [-0.05, 0) is 92.8 Å². The molecule has 0 spiro atoms. The fourth-order valence-electron chi connectivity index (χ4n) is 5.70. The third-order valence-corrected chi connectivity index (χ3v) is 7.69.